The molecule has 0 saturated heterocycles. The van der Waals surface area contributed by atoms with Gasteiger partial charge in [0.05, 0.1) is 0 Å². The summed E-state index contributed by atoms with van der Waals surface area (Å²) in [5.41, 5.74) is 1.23. The van der Waals surface area contributed by atoms with Crippen LogP contribution < -0.4 is 10.6 Å². The van der Waals surface area contributed by atoms with Crippen LogP contribution in [0.5, 0.6) is 0 Å². The van der Waals surface area contributed by atoms with E-state index in [9.17, 15) is 9.18 Å². The van der Waals surface area contributed by atoms with Crippen LogP contribution in [0.4, 0.5) is 10.2 Å². The zero-order chi connectivity index (χ0) is 17.4. The Morgan fingerprint density at radius 1 is 1.21 bits per heavy atom. The van der Waals surface area contributed by atoms with Crippen molar-refractivity contribution in [1.82, 2.24) is 10.3 Å². The fourth-order valence-corrected chi connectivity index (χ4v) is 2.27. The van der Waals surface area contributed by atoms with Crippen molar-refractivity contribution >= 4 is 11.7 Å². The number of hydrogen-bond donors (Lipinski definition) is 2. The van der Waals surface area contributed by atoms with Crippen LogP contribution in [-0.2, 0) is 6.42 Å². The highest BCUT2D eigenvalue weighted by molar-refractivity contribution is 5.94. The van der Waals surface area contributed by atoms with Gasteiger partial charge in [-0.15, -0.1) is 0 Å². The zero-order valence-electron chi connectivity index (χ0n) is 14.2. The number of rotatable bonds is 8. The van der Waals surface area contributed by atoms with E-state index >= 15 is 0 Å². The predicted molar refractivity (Wildman–Crippen MR) is 94.6 cm³/mol. The number of hydrogen-bond acceptors (Lipinski definition) is 3. The van der Waals surface area contributed by atoms with Crippen LogP contribution in [0, 0.1) is 11.7 Å². The molecule has 1 heterocycles. The molecule has 0 aliphatic carbocycles. The van der Waals surface area contributed by atoms with Crippen molar-refractivity contribution in [2.24, 2.45) is 5.92 Å². The van der Waals surface area contributed by atoms with Crippen molar-refractivity contribution in [2.45, 2.75) is 26.7 Å². The first kappa shape index (κ1) is 17.9. The predicted octanol–water partition coefficient (Wildman–Crippen LogP) is 3.65. The van der Waals surface area contributed by atoms with E-state index in [0.717, 1.165) is 6.42 Å². The fourth-order valence-electron chi connectivity index (χ4n) is 2.27. The summed E-state index contributed by atoms with van der Waals surface area (Å²) in [5.74, 6) is 0.863. The summed E-state index contributed by atoms with van der Waals surface area (Å²) in [4.78, 5) is 16.3. The third-order valence-corrected chi connectivity index (χ3v) is 3.69. The van der Waals surface area contributed by atoms with Crippen LogP contribution >= 0.6 is 0 Å². The van der Waals surface area contributed by atoms with Crippen LogP contribution in [0.25, 0.3) is 0 Å². The van der Waals surface area contributed by atoms with Crippen LogP contribution in [0.1, 0.15) is 36.2 Å². The van der Waals surface area contributed by atoms with E-state index in [1.54, 1.807) is 30.5 Å². The molecule has 0 aliphatic heterocycles. The molecule has 0 radical (unpaired) electrons. The van der Waals surface area contributed by atoms with Crippen molar-refractivity contribution in [1.29, 1.82) is 0 Å². The highest BCUT2D eigenvalue weighted by atomic mass is 19.1. The van der Waals surface area contributed by atoms with Gasteiger partial charge in [-0.25, -0.2) is 9.37 Å². The number of pyridine rings is 1. The molecule has 5 heteroatoms. The molecular formula is C19H24FN3O. The Labute approximate surface area is 142 Å². The maximum Gasteiger partial charge on any atom is 0.251 e. The molecule has 1 amide bonds. The van der Waals surface area contributed by atoms with Gasteiger partial charge >= 0.3 is 0 Å². The molecule has 0 bridgehead atoms. The minimum Gasteiger partial charge on any atom is -0.370 e. The first-order chi connectivity index (χ1) is 11.6. The number of amides is 1. The number of benzene rings is 1. The second-order valence-corrected chi connectivity index (χ2v) is 6.14. The minimum atomic E-state index is -0.203. The quantitative estimate of drug-likeness (QED) is 0.777. The average molecular weight is 329 g/mol. The van der Waals surface area contributed by atoms with Gasteiger partial charge in [0.25, 0.3) is 5.91 Å². The Morgan fingerprint density at radius 3 is 2.75 bits per heavy atom. The standard InChI is InChI=1S/C19H24FN3O/c1-14(2)7-10-23-19(24)16-9-12-22-18(13-16)21-11-8-15-5-3-4-6-17(15)20/h3-6,9,12-14H,7-8,10-11H2,1-2H3,(H,21,22)(H,23,24). The highest BCUT2D eigenvalue weighted by Gasteiger charge is 2.07. The monoisotopic (exact) mass is 329 g/mol. The number of carbonyl (C=O) groups is 1. The van der Waals surface area contributed by atoms with Gasteiger partial charge in [0, 0.05) is 24.8 Å². The number of aromatic nitrogens is 1. The van der Waals surface area contributed by atoms with E-state index in [1.165, 1.54) is 6.07 Å². The lowest BCUT2D eigenvalue weighted by Crippen LogP contribution is -2.25. The number of nitrogens with one attached hydrogen (secondary N) is 2. The SMILES string of the molecule is CC(C)CCNC(=O)c1ccnc(NCCc2ccccc2F)c1. The van der Waals surface area contributed by atoms with Crippen molar-refractivity contribution in [2.75, 3.05) is 18.4 Å². The molecule has 1 aromatic carbocycles. The molecule has 24 heavy (non-hydrogen) atoms. The Kier molecular flexibility index (Phi) is 6.73. The van der Waals surface area contributed by atoms with Crippen LogP contribution in [-0.4, -0.2) is 24.0 Å². The second-order valence-electron chi connectivity index (χ2n) is 6.14. The maximum atomic E-state index is 13.6. The molecule has 0 atom stereocenters. The van der Waals surface area contributed by atoms with Crippen molar-refractivity contribution in [3.63, 3.8) is 0 Å². The molecule has 0 spiro atoms. The normalized spacial score (nSPS) is 10.7. The van der Waals surface area contributed by atoms with Gasteiger partial charge in [0.2, 0.25) is 0 Å². The molecule has 2 rings (SSSR count). The fraction of sp³-hybridized carbons (Fsp3) is 0.368. The third-order valence-electron chi connectivity index (χ3n) is 3.69. The Morgan fingerprint density at radius 2 is 2.00 bits per heavy atom. The van der Waals surface area contributed by atoms with Crippen LogP contribution in [0.2, 0.25) is 0 Å². The van der Waals surface area contributed by atoms with E-state index in [2.05, 4.69) is 29.5 Å². The molecule has 0 aliphatic rings. The van der Waals surface area contributed by atoms with Gasteiger partial charge in [-0.2, -0.15) is 0 Å². The lowest BCUT2D eigenvalue weighted by Gasteiger charge is -2.09. The van der Waals surface area contributed by atoms with Gasteiger partial charge in [-0.3, -0.25) is 4.79 Å². The second kappa shape index (κ2) is 9.01. The lowest BCUT2D eigenvalue weighted by molar-refractivity contribution is 0.0952. The summed E-state index contributed by atoms with van der Waals surface area (Å²) >= 11 is 0. The first-order valence-corrected chi connectivity index (χ1v) is 8.28. The van der Waals surface area contributed by atoms with Gasteiger partial charge < -0.3 is 10.6 Å². The summed E-state index contributed by atoms with van der Waals surface area (Å²) in [5, 5.41) is 6.04. The maximum absolute atomic E-state index is 13.6. The molecule has 0 saturated carbocycles. The van der Waals surface area contributed by atoms with E-state index in [0.29, 0.717) is 42.4 Å². The number of carbonyl (C=O) groups excluding carboxylic acids is 1. The molecule has 2 N–H and O–H groups in total. The van der Waals surface area contributed by atoms with Gasteiger partial charge in [-0.1, -0.05) is 32.0 Å². The summed E-state index contributed by atoms with van der Waals surface area (Å²) in [7, 11) is 0. The van der Waals surface area contributed by atoms with Crippen molar-refractivity contribution < 1.29 is 9.18 Å². The summed E-state index contributed by atoms with van der Waals surface area (Å²) in [6, 6.07) is 10.1. The summed E-state index contributed by atoms with van der Waals surface area (Å²) in [6.07, 6.45) is 3.10. The third kappa shape index (κ3) is 5.65. The van der Waals surface area contributed by atoms with E-state index < -0.39 is 0 Å². The average Bonchev–Trinajstić information content (AvgIpc) is 2.56. The van der Waals surface area contributed by atoms with Crippen molar-refractivity contribution in [3.05, 3.63) is 59.5 Å². The highest BCUT2D eigenvalue weighted by Crippen LogP contribution is 2.10. The van der Waals surface area contributed by atoms with Gasteiger partial charge in [0.15, 0.2) is 0 Å². The van der Waals surface area contributed by atoms with Crippen LogP contribution in [0.15, 0.2) is 42.6 Å². The summed E-state index contributed by atoms with van der Waals surface area (Å²) < 4.78 is 13.6. The molecular weight excluding hydrogens is 305 g/mol. The number of anilines is 1. The minimum absolute atomic E-state index is 0.102. The van der Waals surface area contributed by atoms with Crippen LogP contribution in [0.3, 0.4) is 0 Å². The molecule has 128 valence electrons. The van der Waals surface area contributed by atoms with E-state index in [1.807, 2.05) is 6.07 Å². The molecule has 2 aromatic rings. The van der Waals surface area contributed by atoms with Gasteiger partial charge in [0.1, 0.15) is 11.6 Å². The Balaban J connectivity index is 1.86. The molecule has 0 fully saturated rings. The molecule has 4 nitrogen and oxygen atoms in total. The molecule has 1 aromatic heterocycles. The van der Waals surface area contributed by atoms with Gasteiger partial charge in [-0.05, 0) is 42.5 Å². The summed E-state index contributed by atoms with van der Waals surface area (Å²) in [6.45, 7) is 5.45. The van der Waals surface area contributed by atoms with Crippen molar-refractivity contribution in [3.8, 4) is 0 Å². The largest absolute Gasteiger partial charge is 0.370 e. The smallest absolute Gasteiger partial charge is 0.251 e. The zero-order valence-corrected chi connectivity index (χ0v) is 14.2. The molecule has 0 unspecified atom stereocenters. The number of halogens is 1. The Hall–Kier alpha value is -2.43. The van der Waals surface area contributed by atoms with E-state index in [-0.39, 0.29) is 11.7 Å². The van der Waals surface area contributed by atoms with E-state index in [4.69, 9.17) is 0 Å². The lowest BCUT2D eigenvalue weighted by atomic mass is 10.1. The first-order valence-electron chi connectivity index (χ1n) is 8.28. The Bertz CT molecular complexity index is 673. The number of nitrogens with zero attached hydrogens (tertiary/aromatic N) is 1. The topological polar surface area (TPSA) is 54.0 Å².